The van der Waals surface area contributed by atoms with Gasteiger partial charge in [0.1, 0.15) is 0 Å². The third kappa shape index (κ3) is 4.89. The highest BCUT2D eigenvalue weighted by atomic mass is 32.1. The number of benzene rings is 1. The van der Waals surface area contributed by atoms with E-state index in [2.05, 4.69) is 10.6 Å². The molecule has 1 aromatic heterocycles. The monoisotopic (exact) mass is 317 g/mol. The van der Waals surface area contributed by atoms with Crippen LogP contribution in [0.15, 0.2) is 41.8 Å². The molecule has 3 amide bonds. The average molecular weight is 317 g/mol. The van der Waals surface area contributed by atoms with Crippen molar-refractivity contribution < 1.29 is 9.59 Å². The number of carbonyl (C=O) groups excluding carboxylic acids is 2. The standard InChI is InChI=1S/C16H19N3O2S/c1-11-4-2-5-12(8-11)10-18-15(20)9-13(19-16(17)21)14-6-3-7-22-14/h2-8,13H,9-10H2,1H3,(H,18,20)(H3,17,19,21). The van der Waals surface area contributed by atoms with Crippen molar-refractivity contribution in [2.45, 2.75) is 25.9 Å². The molecule has 0 spiro atoms. The summed E-state index contributed by atoms with van der Waals surface area (Å²) in [7, 11) is 0. The van der Waals surface area contributed by atoms with Gasteiger partial charge in [0.05, 0.1) is 12.5 Å². The fourth-order valence-electron chi connectivity index (χ4n) is 2.16. The van der Waals surface area contributed by atoms with Crippen LogP contribution < -0.4 is 16.4 Å². The SMILES string of the molecule is Cc1cccc(CNC(=O)CC(NC(N)=O)c2cccs2)c1. The van der Waals surface area contributed by atoms with E-state index in [9.17, 15) is 9.59 Å². The second-order valence-corrected chi connectivity index (χ2v) is 6.03. The van der Waals surface area contributed by atoms with Crippen LogP contribution in [-0.2, 0) is 11.3 Å². The summed E-state index contributed by atoms with van der Waals surface area (Å²) in [6, 6.07) is 10.7. The van der Waals surface area contributed by atoms with Crippen LogP contribution in [-0.4, -0.2) is 11.9 Å². The van der Waals surface area contributed by atoms with Gasteiger partial charge in [0.15, 0.2) is 0 Å². The predicted octanol–water partition coefficient (Wildman–Crippen LogP) is 2.47. The van der Waals surface area contributed by atoms with E-state index in [1.165, 1.54) is 11.3 Å². The van der Waals surface area contributed by atoms with Gasteiger partial charge in [-0.25, -0.2) is 4.79 Å². The summed E-state index contributed by atoms with van der Waals surface area (Å²) in [4.78, 5) is 24.1. The fourth-order valence-corrected chi connectivity index (χ4v) is 2.94. The van der Waals surface area contributed by atoms with E-state index < -0.39 is 12.1 Å². The molecule has 1 atom stereocenters. The fraction of sp³-hybridized carbons (Fsp3) is 0.250. The third-order valence-electron chi connectivity index (χ3n) is 3.16. The number of hydrogen-bond donors (Lipinski definition) is 3. The van der Waals surface area contributed by atoms with Crippen molar-refractivity contribution >= 4 is 23.3 Å². The van der Waals surface area contributed by atoms with Crippen LogP contribution in [0.5, 0.6) is 0 Å². The minimum atomic E-state index is -0.634. The van der Waals surface area contributed by atoms with Crippen molar-refractivity contribution in [2.24, 2.45) is 5.73 Å². The Labute approximate surface area is 133 Å². The maximum Gasteiger partial charge on any atom is 0.312 e. The molecule has 0 aliphatic heterocycles. The molecular weight excluding hydrogens is 298 g/mol. The molecule has 0 bridgehead atoms. The first-order chi connectivity index (χ1) is 10.5. The Morgan fingerprint density at radius 1 is 1.27 bits per heavy atom. The van der Waals surface area contributed by atoms with Crippen LogP contribution in [0, 0.1) is 6.92 Å². The molecule has 116 valence electrons. The van der Waals surface area contributed by atoms with E-state index in [0.29, 0.717) is 6.54 Å². The summed E-state index contributed by atoms with van der Waals surface area (Å²) >= 11 is 1.48. The van der Waals surface area contributed by atoms with Gasteiger partial charge in [0, 0.05) is 11.4 Å². The molecule has 4 N–H and O–H groups in total. The number of nitrogens with one attached hydrogen (secondary N) is 2. The minimum absolute atomic E-state index is 0.131. The number of rotatable bonds is 6. The Hall–Kier alpha value is -2.34. The lowest BCUT2D eigenvalue weighted by Gasteiger charge is -2.16. The van der Waals surface area contributed by atoms with Crippen molar-refractivity contribution in [3.63, 3.8) is 0 Å². The van der Waals surface area contributed by atoms with Gasteiger partial charge >= 0.3 is 6.03 Å². The summed E-state index contributed by atoms with van der Waals surface area (Å²) < 4.78 is 0. The molecule has 1 aromatic carbocycles. The van der Waals surface area contributed by atoms with Gasteiger partial charge < -0.3 is 16.4 Å². The molecule has 0 aliphatic carbocycles. The van der Waals surface area contributed by atoms with Crippen LogP contribution in [0.3, 0.4) is 0 Å². The highest BCUT2D eigenvalue weighted by molar-refractivity contribution is 7.10. The molecular formula is C16H19N3O2S. The Balaban J connectivity index is 1.92. The summed E-state index contributed by atoms with van der Waals surface area (Å²) in [5, 5.41) is 7.37. The van der Waals surface area contributed by atoms with Crippen molar-refractivity contribution in [1.82, 2.24) is 10.6 Å². The van der Waals surface area contributed by atoms with Crippen LogP contribution >= 0.6 is 11.3 Å². The van der Waals surface area contributed by atoms with Gasteiger partial charge in [-0.3, -0.25) is 4.79 Å². The van der Waals surface area contributed by atoms with Gasteiger partial charge in [-0.05, 0) is 23.9 Å². The highest BCUT2D eigenvalue weighted by Crippen LogP contribution is 2.21. The van der Waals surface area contributed by atoms with Gasteiger partial charge in [0.2, 0.25) is 5.91 Å². The lowest BCUT2D eigenvalue weighted by Crippen LogP contribution is -2.36. The molecule has 0 fully saturated rings. The minimum Gasteiger partial charge on any atom is -0.352 e. The molecule has 0 saturated heterocycles. The molecule has 22 heavy (non-hydrogen) atoms. The maximum atomic E-state index is 12.1. The molecule has 1 heterocycles. The second-order valence-electron chi connectivity index (χ2n) is 5.05. The smallest absolute Gasteiger partial charge is 0.312 e. The quantitative estimate of drug-likeness (QED) is 0.764. The lowest BCUT2D eigenvalue weighted by molar-refractivity contribution is -0.121. The molecule has 6 heteroatoms. The van der Waals surface area contributed by atoms with E-state index in [1.807, 2.05) is 48.7 Å². The van der Waals surface area contributed by atoms with Crippen LogP contribution in [0.4, 0.5) is 4.79 Å². The molecule has 5 nitrogen and oxygen atoms in total. The molecule has 2 aromatic rings. The zero-order valence-electron chi connectivity index (χ0n) is 12.3. The Kier molecular flexibility index (Phi) is 5.55. The van der Waals surface area contributed by atoms with Crippen molar-refractivity contribution in [3.05, 3.63) is 57.8 Å². The number of urea groups is 1. The van der Waals surface area contributed by atoms with Gasteiger partial charge in [-0.15, -0.1) is 11.3 Å². The normalized spacial score (nSPS) is 11.7. The first-order valence-electron chi connectivity index (χ1n) is 6.96. The van der Waals surface area contributed by atoms with Gasteiger partial charge in [-0.1, -0.05) is 35.9 Å². The second kappa shape index (κ2) is 7.61. The van der Waals surface area contributed by atoms with Crippen molar-refractivity contribution in [1.29, 1.82) is 0 Å². The van der Waals surface area contributed by atoms with Crippen LogP contribution in [0.25, 0.3) is 0 Å². The number of aryl methyl sites for hydroxylation is 1. The summed E-state index contributed by atoms with van der Waals surface area (Å²) in [6.07, 6.45) is 0.162. The first-order valence-corrected chi connectivity index (χ1v) is 7.84. The third-order valence-corrected chi connectivity index (χ3v) is 4.15. The number of hydrogen-bond acceptors (Lipinski definition) is 3. The number of amides is 3. The van der Waals surface area contributed by atoms with Crippen LogP contribution in [0.1, 0.15) is 28.5 Å². The predicted molar refractivity (Wildman–Crippen MR) is 87.4 cm³/mol. The first kappa shape index (κ1) is 16.0. The van der Waals surface area contributed by atoms with Crippen LogP contribution in [0.2, 0.25) is 0 Å². The average Bonchev–Trinajstić information content (AvgIpc) is 2.98. The summed E-state index contributed by atoms with van der Waals surface area (Å²) in [6.45, 7) is 2.48. The molecule has 1 unspecified atom stereocenters. The molecule has 0 aliphatic rings. The van der Waals surface area contributed by atoms with E-state index in [1.54, 1.807) is 0 Å². The largest absolute Gasteiger partial charge is 0.352 e. The zero-order chi connectivity index (χ0) is 15.9. The number of thiophene rings is 1. The summed E-state index contributed by atoms with van der Waals surface area (Å²) in [5.74, 6) is -0.131. The van der Waals surface area contributed by atoms with Gasteiger partial charge in [-0.2, -0.15) is 0 Å². The number of carbonyl (C=O) groups is 2. The summed E-state index contributed by atoms with van der Waals surface area (Å²) in [5.41, 5.74) is 7.38. The number of primary amides is 1. The lowest BCUT2D eigenvalue weighted by atomic mass is 10.1. The molecule has 2 rings (SSSR count). The van der Waals surface area contributed by atoms with E-state index in [0.717, 1.165) is 16.0 Å². The van der Waals surface area contributed by atoms with Gasteiger partial charge in [0.25, 0.3) is 0 Å². The van der Waals surface area contributed by atoms with Crippen molar-refractivity contribution in [2.75, 3.05) is 0 Å². The Morgan fingerprint density at radius 3 is 2.73 bits per heavy atom. The van der Waals surface area contributed by atoms with E-state index in [-0.39, 0.29) is 12.3 Å². The van der Waals surface area contributed by atoms with Crippen molar-refractivity contribution in [3.8, 4) is 0 Å². The topological polar surface area (TPSA) is 84.2 Å². The maximum absolute atomic E-state index is 12.1. The Bertz CT molecular complexity index is 641. The van der Waals surface area contributed by atoms with E-state index >= 15 is 0 Å². The molecule has 0 saturated carbocycles. The highest BCUT2D eigenvalue weighted by Gasteiger charge is 2.18. The molecule has 0 radical (unpaired) electrons. The zero-order valence-corrected chi connectivity index (χ0v) is 13.2. The Morgan fingerprint density at radius 2 is 2.09 bits per heavy atom. The number of nitrogens with two attached hydrogens (primary N) is 1. The van der Waals surface area contributed by atoms with E-state index in [4.69, 9.17) is 5.73 Å².